The minimum absolute atomic E-state index is 0.000293. The monoisotopic (exact) mass is 408 g/mol. The lowest BCUT2D eigenvalue weighted by atomic mass is 9.87. The SMILES string of the molecule is O=C1CC(c2ccc(OC(F)(F)F)cc2)c2c(nc(N3CCCCC3)[nH]c2=O)N1. The number of benzene rings is 1. The number of piperidine rings is 1. The zero-order valence-corrected chi connectivity index (χ0v) is 15.4. The molecule has 0 bridgehead atoms. The fourth-order valence-corrected chi connectivity index (χ4v) is 3.80. The van der Waals surface area contributed by atoms with Crippen molar-refractivity contribution in [2.45, 2.75) is 38.0 Å². The molecule has 1 amide bonds. The number of anilines is 2. The van der Waals surface area contributed by atoms with E-state index in [2.05, 4.69) is 20.0 Å². The van der Waals surface area contributed by atoms with Crippen LogP contribution in [0.25, 0.3) is 0 Å². The molecule has 2 N–H and O–H groups in total. The number of hydrogen-bond donors (Lipinski definition) is 2. The summed E-state index contributed by atoms with van der Waals surface area (Å²) in [6.45, 7) is 1.56. The zero-order chi connectivity index (χ0) is 20.6. The number of H-pyrrole nitrogens is 1. The number of rotatable bonds is 3. The van der Waals surface area contributed by atoms with E-state index in [0.29, 0.717) is 17.1 Å². The van der Waals surface area contributed by atoms with Crippen LogP contribution >= 0.6 is 0 Å². The standard InChI is InChI=1S/C19H19F3N4O3/c20-19(21,22)29-12-6-4-11(5-7-12)13-10-14(27)23-16-15(13)17(28)25-18(24-16)26-8-2-1-3-9-26/h4-7,13H,1-3,8-10H2,(H2,23,24,25,27,28). The maximum absolute atomic E-state index is 12.8. The average molecular weight is 408 g/mol. The van der Waals surface area contributed by atoms with E-state index < -0.39 is 12.3 Å². The number of carbonyl (C=O) groups is 1. The van der Waals surface area contributed by atoms with Crippen molar-refractivity contribution < 1.29 is 22.7 Å². The van der Waals surface area contributed by atoms with E-state index in [1.54, 1.807) is 0 Å². The first-order valence-corrected chi connectivity index (χ1v) is 9.35. The molecular weight excluding hydrogens is 389 g/mol. The third-order valence-corrected chi connectivity index (χ3v) is 5.11. The maximum Gasteiger partial charge on any atom is 0.573 e. The van der Waals surface area contributed by atoms with Crippen LogP contribution in [0.4, 0.5) is 24.9 Å². The quantitative estimate of drug-likeness (QED) is 0.815. The van der Waals surface area contributed by atoms with Gasteiger partial charge in [-0.3, -0.25) is 14.6 Å². The number of alkyl halides is 3. The van der Waals surface area contributed by atoms with Crippen LogP contribution in [0.5, 0.6) is 5.75 Å². The molecule has 3 heterocycles. The number of aromatic nitrogens is 2. The first kappa shape index (κ1) is 19.3. The summed E-state index contributed by atoms with van der Waals surface area (Å²) in [6, 6.07) is 5.18. The number of nitrogens with zero attached hydrogens (tertiary/aromatic N) is 2. The molecule has 2 aromatic rings. The molecule has 1 atom stereocenters. The molecule has 1 saturated heterocycles. The van der Waals surface area contributed by atoms with Gasteiger partial charge in [0.25, 0.3) is 5.56 Å². The Kier molecular flexibility index (Phi) is 4.93. The van der Waals surface area contributed by atoms with Gasteiger partial charge in [-0.25, -0.2) is 0 Å². The second-order valence-corrected chi connectivity index (χ2v) is 7.12. The van der Waals surface area contributed by atoms with Gasteiger partial charge in [0.1, 0.15) is 11.6 Å². The van der Waals surface area contributed by atoms with E-state index in [4.69, 9.17) is 0 Å². The molecule has 2 aliphatic heterocycles. The van der Waals surface area contributed by atoms with Crippen molar-refractivity contribution in [3.05, 3.63) is 45.7 Å². The van der Waals surface area contributed by atoms with Crippen LogP contribution in [-0.2, 0) is 4.79 Å². The fourth-order valence-electron chi connectivity index (χ4n) is 3.80. The molecule has 0 saturated carbocycles. The number of halogens is 3. The smallest absolute Gasteiger partial charge is 0.406 e. The molecule has 1 aromatic carbocycles. The second-order valence-electron chi connectivity index (χ2n) is 7.12. The Balaban J connectivity index is 1.67. The Morgan fingerprint density at radius 2 is 1.76 bits per heavy atom. The van der Waals surface area contributed by atoms with Gasteiger partial charge in [0.05, 0.1) is 5.56 Å². The number of aromatic amines is 1. The highest BCUT2D eigenvalue weighted by Crippen LogP contribution is 2.35. The van der Waals surface area contributed by atoms with Crippen molar-refractivity contribution in [3.8, 4) is 5.75 Å². The van der Waals surface area contributed by atoms with Gasteiger partial charge in [-0.1, -0.05) is 12.1 Å². The van der Waals surface area contributed by atoms with Gasteiger partial charge in [-0.15, -0.1) is 13.2 Å². The lowest BCUT2D eigenvalue weighted by Crippen LogP contribution is -2.36. The highest BCUT2D eigenvalue weighted by molar-refractivity contribution is 5.94. The summed E-state index contributed by atoms with van der Waals surface area (Å²) in [6.07, 6.45) is -1.66. The summed E-state index contributed by atoms with van der Waals surface area (Å²) in [5.41, 5.74) is 0.472. The minimum atomic E-state index is -4.79. The maximum atomic E-state index is 12.8. The lowest BCUT2D eigenvalue weighted by Gasteiger charge is -2.29. The van der Waals surface area contributed by atoms with Gasteiger partial charge in [-0.05, 0) is 37.0 Å². The molecule has 29 heavy (non-hydrogen) atoms. The molecule has 7 nitrogen and oxygen atoms in total. The molecule has 154 valence electrons. The van der Waals surface area contributed by atoms with Gasteiger partial charge in [-0.2, -0.15) is 4.98 Å². The summed E-state index contributed by atoms with van der Waals surface area (Å²) in [5.74, 6) is -0.658. The second kappa shape index (κ2) is 7.41. The van der Waals surface area contributed by atoms with Crippen molar-refractivity contribution in [1.29, 1.82) is 0 Å². The van der Waals surface area contributed by atoms with Crippen LogP contribution in [0.1, 0.15) is 42.7 Å². The first-order chi connectivity index (χ1) is 13.8. The molecule has 1 unspecified atom stereocenters. The Hall–Kier alpha value is -3.04. The molecular formula is C19H19F3N4O3. The van der Waals surface area contributed by atoms with Gasteiger partial charge in [0.2, 0.25) is 11.9 Å². The molecule has 0 aliphatic carbocycles. The van der Waals surface area contributed by atoms with Gasteiger partial charge in [0.15, 0.2) is 0 Å². The van der Waals surface area contributed by atoms with Crippen LogP contribution < -0.4 is 20.5 Å². The first-order valence-electron chi connectivity index (χ1n) is 9.35. The van der Waals surface area contributed by atoms with E-state index in [0.717, 1.165) is 32.4 Å². The number of amides is 1. The predicted molar refractivity (Wildman–Crippen MR) is 99.1 cm³/mol. The number of ether oxygens (including phenoxy) is 1. The normalized spacial score (nSPS) is 19.5. The van der Waals surface area contributed by atoms with Crippen LogP contribution in [0.15, 0.2) is 29.1 Å². The molecule has 4 rings (SSSR count). The van der Waals surface area contributed by atoms with Crippen LogP contribution in [0, 0.1) is 0 Å². The van der Waals surface area contributed by atoms with Gasteiger partial charge in [0, 0.05) is 25.4 Å². The summed E-state index contributed by atoms with van der Waals surface area (Å²) < 4.78 is 40.9. The van der Waals surface area contributed by atoms with Gasteiger partial charge < -0.3 is 15.0 Å². The van der Waals surface area contributed by atoms with E-state index in [1.165, 1.54) is 24.3 Å². The van der Waals surface area contributed by atoms with Crippen molar-refractivity contribution in [3.63, 3.8) is 0 Å². The van der Waals surface area contributed by atoms with E-state index in [-0.39, 0.29) is 29.5 Å². The summed E-state index contributed by atoms with van der Waals surface area (Å²) >= 11 is 0. The van der Waals surface area contributed by atoms with Crippen LogP contribution in [-0.4, -0.2) is 35.3 Å². The highest BCUT2D eigenvalue weighted by Gasteiger charge is 2.33. The summed E-state index contributed by atoms with van der Waals surface area (Å²) in [4.78, 5) is 34.3. The van der Waals surface area contributed by atoms with Crippen molar-refractivity contribution in [1.82, 2.24) is 9.97 Å². The summed E-state index contributed by atoms with van der Waals surface area (Å²) in [5, 5.41) is 2.65. The van der Waals surface area contributed by atoms with Crippen LogP contribution in [0.2, 0.25) is 0 Å². The lowest BCUT2D eigenvalue weighted by molar-refractivity contribution is -0.274. The topological polar surface area (TPSA) is 87.3 Å². The Labute approximate surface area is 163 Å². The predicted octanol–water partition coefficient (Wildman–Crippen LogP) is 3.13. The third kappa shape index (κ3) is 4.20. The molecule has 0 radical (unpaired) electrons. The van der Waals surface area contributed by atoms with Crippen molar-refractivity contribution in [2.75, 3.05) is 23.3 Å². The zero-order valence-electron chi connectivity index (χ0n) is 15.4. The van der Waals surface area contributed by atoms with E-state index in [1.807, 2.05) is 4.90 Å². The number of carbonyl (C=O) groups excluding carboxylic acids is 1. The average Bonchev–Trinajstić information content (AvgIpc) is 2.67. The number of nitrogens with one attached hydrogen (secondary N) is 2. The Morgan fingerprint density at radius 1 is 1.07 bits per heavy atom. The minimum Gasteiger partial charge on any atom is -0.406 e. The van der Waals surface area contributed by atoms with Crippen molar-refractivity contribution in [2.24, 2.45) is 0 Å². The number of hydrogen-bond acceptors (Lipinski definition) is 5. The molecule has 1 aromatic heterocycles. The molecule has 10 heteroatoms. The number of fused-ring (bicyclic) bond motifs is 1. The fraction of sp³-hybridized carbons (Fsp3) is 0.421. The van der Waals surface area contributed by atoms with Crippen molar-refractivity contribution >= 4 is 17.7 Å². The van der Waals surface area contributed by atoms with E-state index in [9.17, 15) is 22.8 Å². The largest absolute Gasteiger partial charge is 0.573 e. The van der Waals surface area contributed by atoms with Gasteiger partial charge >= 0.3 is 6.36 Å². The Morgan fingerprint density at radius 3 is 2.41 bits per heavy atom. The van der Waals surface area contributed by atoms with Crippen LogP contribution in [0.3, 0.4) is 0 Å². The molecule has 2 aliphatic rings. The highest BCUT2D eigenvalue weighted by atomic mass is 19.4. The summed E-state index contributed by atoms with van der Waals surface area (Å²) in [7, 11) is 0. The third-order valence-electron chi connectivity index (χ3n) is 5.11. The molecule has 1 fully saturated rings. The van der Waals surface area contributed by atoms with E-state index >= 15 is 0 Å². The Bertz CT molecular complexity index is 966. The molecule has 0 spiro atoms.